The number of carbonyl (C=O) groups is 4. The van der Waals surface area contributed by atoms with E-state index in [1.54, 1.807) is 0 Å². The van der Waals surface area contributed by atoms with E-state index >= 15 is 0 Å². The van der Waals surface area contributed by atoms with Gasteiger partial charge >= 0.3 is 0 Å². The number of amides is 4. The normalized spacial score (nSPS) is 20.4. The second-order valence-electron chi connectivity index (χ2n) is 11.0. The molecule has 8 bridgehead atoms. The Balaban J connectivity index is 1.16. The van der Waals surface area contributed by atoms with Gasteiger partial charge in [0.2, 0.25) is 0 Å². The fraction of sp³-hybridized carbons (Fsp3) is 0.500. The zero-order valence-electron chi connectivity index (χ0n) is 27.8. The van der Waals surface area contributed by atoms with Gasteiger partial charge in [0.05, 0.1) is 106 Å². The van der Waals surface area contributed by atoms with Gasteiger partial charge in [-0.25, -0.2) is 0 Å². The molecule has 5 heterocycles. The first-order valence-corrected chi connectivity index (χ1v) is 16.5. The second kappa shape index (κ2) is 19.8. The maximum absolute atomic E-state index is 13.5. The monoisotopic (exact) mass is 692 g/mol. The Morgan fingerprint density at radius 3 is 0.940 bits per heavy atom. The molecule has 0 N–H and O–H groups in total. The summed E-state index contributed by atoms with van der Waals surface area (Å²) in [4.78, 5) is 56.0. The van der Waals surface area contributed by atoms with E-state index in [4.69, 9.17) is 37.9 Å². The number of hydrogen-bond donors (Lipinski definition) is 0. The Bertz CT molecular complexity index is 1460. The molecule has 50 heavy (non-hydrogen) atoms. The van der Waals surface area contributed by atoms with Gasteiger partial charge in [-0.15, -0.1) is 0 Å². The molecule has 5 aliphatic heterocycles. The highest BCUT2D eigenvalue weighted by Crippen LogP contribution is 2.37. The van der Waals surface area contributed by atoms with Crippen LogP contribution in [0.1, 0.15) is 41.4 Å². The highest BCUT2D eigenvalue weighted by Gasteiger charge is 2.39. The lowest BCUT2D eigenvalue weighted by Crippen LogP contribution is -2.45. The molecular formula is C36H40N2O12. The third-order valence-electron chi connectivity index (χ3n) is 7.80. The molecular weight excluding hydrogens is 652 g/mol. The van der Waals surface area contributed by atoms with Gasteiger partial charge in [0, 0.05) is 33.0 Å². The maximum Gasteiger partial charge on any atom is 0.261 e. The zero-order chi connectivity index (χ0) is 35.0. The van der Waals surface area contributed by atoms with Crippen LogP contribution in [0.15, 0.2) is 24.3 Å². The molecule has 2 aromatic carbocycles. The van der Waals surface area contributed by atoms with Gasteiger partial charge in [0.25, 0.3) is 23.6 Å². The second-order valence-corrected chi connectivity index (χ2v) is 11.0. The van der Waals surface area contributed by atoms with E-state index < -0.39 is 23.6 Å². The molecule has 0 unspecified atom stereocenters. The van der Waals surface area contributed by atoms with E-state index in [2.05, 4.69) is 23.7 Å². The molecule has 0 fully saturated rings. The molecule has 4 amide bonds. The molecule has 7 rings (SSSR count). The molecule has 2 aromatic rings. The summed E-state index contributed by atoms with van der Waals surface area (Å²) in [6, 6.07) is 6.14. The van der Waals surface area contributed by atoms with E-state index in [0.29, 0.717) is 76.8 Å². The highest BCUT2D eigenvalue weighted by molar-refractivity contribution is 6.33. The van der Waals surface area contributed by atoms with Crippen molar-refractivity contribution in [1.82, 2.24) is 9.80 Å². The van der Waals surface area contributed by atoms with E-state index in [1.807, 2.05) is 0 Å². The number of nitrogens with zero attached hydrogens (tertiary/aromatic N) is 2. The first-order valence-electron chi connectivity index (χ1n) is 16.5. The average Bonchev–Trinajstić information content (AvgIpc) is 3.12. The molecule has 0 atom stereocenters. The van der Waals surface area contributed by atoms with Crippen molar-refractivity contribution in [2.24, 2.45) is 0 Å². The quantitative estimate of drug-likeness (QED) is 0.289. The average molecular weight is 693 g/mol. The summed E-state index contributed by atoms with van der Waals surface area (Å²) in [5.74, 6) is 8.95. The summed E-state index contributed by atoms with van der Waals surface area (Å²) < 4.78 is 43.9. The van der Waals surface area contributed by atoms with Gasteiger partial charge < -0.3 is 37.9 Å². The van der Waals surface area contributed by atoms with Gasteiger partial charge in [-0.3, -0.25) is 29.0 Å². The molecule has 14 heteroatoms. The first kappa shape index (κ1) is 37.0. The summed E-state index contributed by atoms with van der Waals surface area (Å²) in [6.45, 7) is 4.98. The van der Waals surface area contributed by atoms with Crippen LogP contribution in [0.4, 0.5) is 0 Å². The third kappa shape index (κ3) is 9.72. The molecule has 0 aromatic heterocycles. The van der Waals surface area contributed by atoms with E-state index in [-0.39, 0.29) is 75.0 Å². The molecule has 0 radical (unpaired) electrons. The Morgan fingerprint density at radius 2 is 0.640 bits per heavy atom. The van der Waals surface area contributed by atoms with Crippen molar-refractivity contribution in [3.8, 4) is 23.7 Å². The highest BCUT2D eigenvalue weighted by atomic mass is 16.6. The molecule has 0 spiro atoms. The Labute approximate surface area is 290 Å². The lowest BCUT2D eigenvalue weighted by molar-refractivity contribution is -0.000693. The van der Waals surface area contributed by atoms with E-state index in [9.17, 15) is 19.2 Å². The Kier molecular flexibility index (Phi) is 14.7. The lowest BCUT2D eigenvalue weighted by atomic mass is 9.86. The van der Waals surface area contributed by atoms with Crippen LogP contribution < -0.4 is 0 Å². The lowest BCUT2D eigenvalue weighted by Gasteiger charge is -2.31. The van der Waals surface area contributed by atoms with Crippen molar-refractivity contribution in [1.29, 1.82) is 0 Å². The SMILES string of the molecule is O=C1c2ccc3c4c5ccc(c24)C(=O)N1CCOCCOCCOCCOCC#CC#CCOCCOCCOCCOCCN(C3=O)C5=O. The zero-order valence-corrected chi connectivity index (χ0v) is 27.8. The van der Waals surface area contributed by atoms with Crippen molar-refractivity contribution in [3.05, 3.63) is 46.5 Å². The van der Waals surface area contributed by atoms with Crippen LogP contribution in [-0.4, -0.2) is 152 Å². The van der Waals surface area contributed by atoms with Gasteiger partial charge in [-0.1, -0.05) is 11.8 Å². The van der Waals surface area contributed by atoms with Crippen LogP contribution in [0.3, 0.4) is 0 Å². The van der Waals surface area contributed by atoms with Crippen molar-refractivity contribution in [3.63, 3.8) is 0 Å². The number of hydrogen-bond acceptors (Lipinski definition) is 12. The van der Waals surface area contributed by atoms with Crippen molar-refractivity contribution < 1.29 is 57.1 Å². The van der Waals surface area contributed by atoms with Crippen LogP contribution in [0.2, 0.25) is 0 Å². The van der Waals surface area contributed by atoms with Crippen LogP contribution in [0.25, 0.3) is 10.8 Å². The molecule has 0 saturated carbocycles. The summed E-state index contributed by atoms with van der Waals surface area (Å²) >= 11 is 0. The standard InChI is InChI=1S/C36H40N2O12/c39-33-27-5-7-29-32-30-8-6-28(31(27)32)34(40)37(33)9-13-45-17-21-49-25-23-47-19-15-43-11-3-1-2-4-12-44-16-20-48-24-26-50-22-18-46-14-10-38(35(29)41)36(30)42/h5-8H,9-26H2. The minimum atomic E-state index is -0.513. The van der Waals surface area contributed by atoms with Crippen LogP contribution in [0, 0.1) is 23.7 Å². The molecule has 266 valence electrons. The molecule has 0 saturated heterocycles. The minimum Gasteiger partial charge on any atom is -0.377 e. The summed E-state index contributed by atoms with van der Waals surface area (Å²) in [5.41, 5.74) is 1.01. The van der Waals surface area contributed by atoms with E-state index in [0.717, 1.165) is 9.80 Å². The summed E-state index contributed by atoms with van der Waals surface area (Å²) in [5, 5.41) is 0.635. The largest absolute Gasteiger partial charge is 0.377 e. The van der Waals surface area contributed by atoms with E-state index in [1.165, 1.54) is 24.3 Å². The third-order valence-corrected chi connectivity index (χ3v) is 7.80. The van der Waals surface area contributed by atoms with Crippen LogP contribution >= 0.6 is 0 Å². The number of ether oxygens (including phenoxy) is 8. The Morgan fingerprint density at radius 1 is 0.380 bits per heavy atom. The Hall–Kier alpha value is -4.22. The smallest absolute Gasteiger partial charge is 0.261 e. The van der Waals surface area contributed by atoms with Gasteiger partial charge in [-0.2, -0.15) is 0 Å². The fourth-order valence-electron chi connectivity index (χ4n) is 5.42. The first-order chi connectivity index (χ1) is 24.6. The molecule has 0 aliphatic carbocycles. The predicted molar refractivity (Wildman–Crippen MR) is 177 cm³/mol. The van der Waals surface area contributed by atoms with Gasteiger partial charge in [0.1, 0.15) is 13.2 Å². The summed E-state index contributed by atoms with van der Waals surface area (Å²) in [7, 11) is 0. The van der Waals surface area contributed by atoms with Crippen molar-refractivity contribution in [2.75, 3.05) is 119 Å². The van der Waals surface area contributed by atoms with Gasteiger partial charge in [-0.05, 0) is 36.1 Å². The fourth-order valence-corrected chi connectivity index (χ4v) is 5.42. The van der Waals surface area contributed by atoms with Crippen molar-refractivity contribution in [2.45, 2.75) is 0 Å². The summed E-state index contributed by atoms with van der Waals surface area (Å²) in [6.07, 6.45) is 0. The van der Waals surface area contributed by atoms with Gasteiger partial charge in [0.15, 0.2) is 0 Å². The number of benzene rings is 2. The topological polar surface area (TPSA) is 149 Å². The van der Waals surface area contributed by atoms with Crippen LogP contribution in [0.5, 0.6) is 0 Å². The maximum atomic E-state index is 13.5. The number of rotatable bonds is 0. The minimum absolute atomic E-state index is 0.0288. The number of imide groups is 2. The van der Waals surface area contributed by atoms with Crippen molar-refractivity contribution >= 4 is 34.4 Å². The van der Waals surface area contributed by atoms with Crippen LogP contribution in [-0.2, 0) is 37.9 Å². The molecule has 14 nitrogen and oxygen atoms in total. The predicted octanol–water partition coefficient (Wildman–Crippen LogP) is 1.19. The number of fused-ring (bicyclic) bond motifs is 2. The molecule has 5 aliphatic rings. The number of carbonyl (C=O) groups excluding carboxylic acids is 4.